The maximum absolute atomic E-state index is 9.01. The second kappa shape index (κ2) is 6.67. The van der Waals surface area contributed by atoms with Crippen LogP contribution in [-0.2, 0) is 11.3 Å². The molecular formula is C9H14NO3S-. The van der Waals surface area contributed by atoms with E-state index >= 15 is 0 Å². The van der Waals surface area contributed by atoms with Crippen molar-refractivity contribution in [1.82, 2.24) is 4.89 Å². The number of rotatable bonds is 1. The first-order valence-corrected chi connectivity index (χ1v) is 5.07. The molecule has 1 aromatic carbocycles. The minimum atomic E-state index is -2.52. The van der Waals surface area contributed by atoms with Crippen molar-refractivity contribution in [3.63, 3.8) is 0 Å². The average Bonchev–Trinajstić information content (AvgIpc) is 2.02. The van der Waals surface area contributed by atoms with Gasteiger partial charge in [0.25, 0.3) is 0 Å². The predicted molar refractivity (Wildman–Crippen MR) is 54.5 cm³/mol. The Morgan fingerprint density at radius 3 is 1.50 bits per heavy atom. The summed E-state index contributed by atoms with van der Waals surface area (Å²) in [5.41, 5.74) is 4.06. The highest BCUT2D eigenvalue weighted by Gasteiger charge is 1.87. The van der Waals surface area contributed by atoms with Crippen molar-refractivity contribution >= 4 is 11.3 Å². The first-order valence-electron chi connectivity index (χ1n) is 3.99. The summed E-state index contributed by atoms with van der Waals surface area (Å²) in [4.78, 5) is 0.944. The van der Waals surface area contributed by atoms with Gasteiger partial charge in [0, 0.05) is 11.3 Å². The molecule has 0 aliphatic carbocycles. The van der Waals surface area contributed by atoms with Crippen LogP contribution in [0.25, 0.3) is 0 Å². The van der Waals surface area contributed by atoms with Crippen LogP contribution in [0.1, 0.15) is 16.7 Å². The molecule has 4 nitrogen and oxygen atoms in total. The summed E-state index contributed by atoms with van der Waals surface area (Å²) >= 11 is -2.52. The van der Waals surface area contributed by atoms with Crippen molar-refractivity contribution in [2.24, 2.45) is 0 Å². The minimum absolute atomic E-state index is 0.944. The lowest BCUT2D eigenvalue weighted by molar-refractivity contribution is 0.237. The van der Waals surface area contributed by atoms with Gasteiger partial charge in [-0.1, -0.05) is 34.9 Å². The Kier molecular flexibility index (Phi) is 6.31. The van der Waals surface area contributed by atoms with Crippen LogP contribution < -0.4 is 4.89 Å². The third-order valence-corrected chi connectivity index (χ3v) is 1.59. The molecule has 0 heterocycles. The average molecular weight is 216 g/mol. The summed E-state index contributed by atoms with van der Waals surface area (Å²) < 4.78 is 18.0. The van der Waals surface area contributed by atoms with Gasteiger partial charge in [-0.25, -0.2) is 0 Å². The van der Waals surface area contributed by atoms with Crippen LogP contribution >= 0.6 is 0 Å². The van der Waals surface area contributed by atoms with E-state index in [0.29, 0.717) is 0 Å². The lowest BCUT2D eigenvalue weighted by atomic mass is 10.1. The molecule has 0 radical (unpaired) electrons. The van der Waals surface area contributed by atoms with Crippen LogP contribution in [0.4, 0.5) is 0 Å². The predicted octanol–water partition coefficient (Wildman–Crippen LogP) is 1.37. The Balaban J connectivity index is 0.000000292. The Labute approximate surface area is 86.3 Å². The number of nitrogens with one attached hydrogen (secondary N) is 1. The molecule has 80 valence electrons. The van der Waals surface area contributed by atoms with Crippen molar-refractivity contribution < 1.29 is 14.0 Å². The molecule has 5 heteroatoms. The third kappa shape index (κ3) is 6.73. The molecule has 0 saturated carbocycles. The molecule has 0 aromatic heterocycles. The van der Waals surface area contributed by atoms with Crippen molar-refractivity contribution in [2.45, 2.75) is 20.8 Å². The highest BCUT2D eigenvalue weighted by Crippen LogP contribution is 2.06. The van der Waals surface area contributed by atoms with Gasteiger partial charge in [-0.2, -0.15) is 0 Å². The quantitative estimate of drug-likeness (QED) is 0.550. The maximum atomic E-state index is 9.01. The first-order chi connectivity index (χ1) is 6.45. The molecular weight excluding hydrogens is 202 g/mol. The number of hydrogen-bond donors (Lipinski definition) is 2. The third-order valence-electron chi connectivity index (χ3n) is 1.44. The molecule has 0 fully saturated rings. The standard InChI is InChI=1S/C9H12.H3NO3S/c1-7-4-8(2)6-9(3)5-7;2-1-5(3)4/h4-6H,1-3H3;1-2H,(H,3,4)/p-1. The molecule has 0 amide bonds. The van der Waals surface area contributed by atoms with Crippen molar-refractivity contribution in [2.75, 3.05) is 0 Å². The van der Waals surface area contributed by atoms with Crippen LogP contribution in [0.2, 0.25) is 0 Å². The zero-order chi connectivity index (χ0) is 11.1. The lowest BCUT2D eigenvalue weighted by Crippen LogP contribution is -2.08. The zero-order valence-corrected chi connectivity index (χ0v) is 9.22. The normalized spacial score (nSPS) is 11.5. The molecule has 1 rings (SSSR count). The monoisotopic (exact) mass is 216 g/mol. The van der Waals surface area contributed by atoms with E-state index in [9.17, 15) is 0 Å². The molecule has 0 saturated heterocycles. The highest BCUT2D eigenvalue weighted by atomic mass is 32.2. The molecule has 1 atom stereocenters. The number of hydrogen-bond acceptors (Lipinski definition) is 3. The molecule has 1 aromatic rings. The first kappa shape index (κ1) is 13.2. The van der Waals surface area contributed by atoms with Gasteiger partial charge < -0.3 is 9.76 Å². The van der Waals surface area contributed by atoms with E-state index < -0.39 is 11.3 Å². The summed E-state index contributed by atoms with van der Waals surface area (Å²) in [5, 5.41) is 7.28. The van der Waals surface area contributed by atoms with Crippen molar-refractivity contribution in [3.05, 3.63) is 34.9 Å². The van der Waals surface area contributed by atoms with Crippen LogP contribution in [0, 0.1) is 20.8 Å². The topological polar surface area (TPSA) is 72.4 Å². The SMILES string of the molecule is Cc1cc(C)cc(C)c1.O=S([O-])NO. The molecule has 2 N–H and O–H groups in total. The van der Waals surface area contributed by atoms with Gasteiger partial charge in [0.1, 0.15) is 0 Å². The summed E-state index contributed by atoms with van der Waals surface area (Å²) in [7, 11) is 0. The van der Waals surface area contributed by atoms with E-state index in [4.69, 9.17) is 14.0 Å². The van der Waals surface area contributed by atoms with E-state index in [-0.39, 0.29) is 0 Å². The van der Waals surface area contributed by atoms with Gasteiger partial charge >= 0.3 is 0 Å². The van der Waals surface area contributed by atoms with Gasteiger partial charge in [0.2, 0.25) is 0 Å². The largest absolute Gasteiger partial charge is 0.758 e. The minimum Gasteiger partial charge on any atom is -0.758 e. The van der Waals surface area contributed by atoms with Crippen LogP contribution in [0.5, 0.6) is 0 Å². The fraction of sp³-hybridized carbons (Fsp3) is 0.333. The van der Waals surface area contributed by atoms with Crippen LogP contribution in [-0.4, -0.2) is 14.0 Å². The van der Waals surface area contributed by atoms with Gasteiger partial charge in [-0.3, -0.25) is 4.21 Å². The van der Waals surface area contributed by atoms with E-state index in [2.05, 4.69) is 39.0 Å². The molecule has 0 bridgehead atoms. The van der Waals surface area contributed by atoms with Crippen molar-refractivity contribution in [3.8, 4) is 0 Å². The molecule has 0 aliphatic rings. The maximum Gasteiger partial charge on any atom is 0.0425 e. The summed E-state index contributed by atoms with van der Waals surface area (Å²) in [6.45, 7) is 6.38. The number of aryl methyl sites for hydroxylation is 3. The van der Waals surface area contributed by atoms with E-state index in [0.717, 1.165) is 4.89 Å². The number of benzene rings is 1. The highest BCUT2D eigenvalue weighted by molar-refractivity contribution is 7.76. The Morgan fingerprint density at radius 2 is 1.36 bits per heavy atom. The Bertz CT molecular complexity index is 264. The molecule has 0 spiro atoms. The Hall–Kier alpha value is -0.750. The zero-order valence-electron chi connectivity index (χ0n) is 8.40. The summed E-state index contributed by atoms with van der Waals surface area (Å²) in [6, 6.07) is 6.56. The van der Waals surface area contributed by atoms with E-state index in [1.165, 1.54) is 16.7 Å². The Morgan fingerprint density at radius 1 is 1.14 bits per heavy atom. The fourth-order valence-electron chi connectivity index (χ4n) is 1.20. The van der Waals surface area contributed by atoms with E-state index in [1.807, 2.05) is 0 Å². The lowest BCUT2D eigenvalue weighted by Gasteiger charge is -1.96. The van der Waals surface area contributed by atoms with Gasteiger partial charge in [0.05, 0.1) is 0 Å². The van der Waals surface area contributed by atoms with Gasteiger partial charge in [-0.05, 0) is 20.8 Å². The van der Waals surface area contributed by atoms with E-state index in [1.54, 1.807) is 0 Å². The van der Waals surface area contributed by atoms with Gasteiger partial charge in [0.15, 0.2) is 0 Å². The second-order valence-electron chi connectivity index (χ2n) is 2.99. The molecule has 1 unspecified atom stereocenters. The molecule has 14 heavy (non-hydrogen) atoms. The van der Waals surface area contributed by atoms with Crippen molar-refractivity contribution in [1.29, 1.82) is 0 Å². The van der Waals surface area contributed by atoms with Crippen LogP contribution in [0.15, 0.2) is 18.2 Å². The smallest absolute Gasteiger partial charge is 0.0425 e. The summed E-state index contributed by atoms with van der Waals surface area (Å²) in [5.74, 6) is 0. The fourth-order valence-corrected chi connectivity index (χ4v) is 1.20. The van der Waals surface area contributed by atoms with Crippen LogP contribution in [0.3, 0.4) is 0 Å². The van der Waals surface area contributed by atoms with Gasteiger partial charge in [-0.15, -0.1) is 4.89 Å². The molecule has 0 aliphatic heterocycles. The second-order valence-corrected chi connectivity index (χ2v) is 3.64. The summed E-state index contributed by atoms with van der Waals surface area (Å²) in [6.07, 6.45) is 0.